The molecule has 0 N–H and O–H groups in total. The lowest BCUT2D eigenvalue weighted by Crippen LogP contribution is -2.03. The van der Waals surface area contributed by atoms with Gasteiger partial charge >= 0.3 is 0 Å². The number of ether oxygens (including phenoxy) is 2. The molecule has 0 atom stereocenters. The Hall–Kier alpha value is -3.01. The predicted molar refractivity (Wildman–Crippen MR) is 104 cm³/mol. The number of fused-ring (bicyclic) bond motifs is 1. The van der Waals surface area contributed by atoms with Gasteiger partial charge in [-0.3, -0.25) is 4.79 Å². The molecule has 0 aliphatic heterocycles. The zero-order valence-electron chi connectivity index (χ0n) is 15.4. The number of carbonyl (C=O) groups excluding carboxylic acids is 1. The first-order valence-corrected chi connectivity index (χ1v) is 8.61. The number of benzene rings is 2. The molecule has 0 radical (unpaired) electrons. The van der Waals surface area contributed by atoms with Crippen LogP contribution in [-0.2, 0) is 13.2 Å². The van der Waals surface area contributed by atoms with E-state index in [2.05, 4.69) is 13.0 Å². The van der Waals surface area contributed by atoms with E-state index in [0.717, 1.165) is 22.8 Å². The lowest BCUT2D eigenvalue weighted by Gasteiger charge is -2.13. The summed E-state index contributed by atoms with van der Waals surface area (Å²) in [4.78, 5) is 11.6. The summed E-state index contributed by atoms with van der Waals surface area (Å²) in [5.74, 6) is 1.32. The molecule has 1 heterocycles. The highest BCUT2D eigenvalue weighted by atomic mass is 16.5. The van der Waals surface area contributed by atoms with Crippen LogP contribution in [0.4, 0.5) is 0 Å². The SMILES string of the molecule is C/C=C(\C)Cn1c(C=O)cc2c(OCc3ccccc3)c(OC)ccc21. The molecule has 1 aromatic heterocycles. The molecule has 0 spiro atoms. The molecule has 0 saturated carbocycles. The molecule has 3 rings (SSSR count). The second kappa shape index (κ2) is 7.91. The smallest absolute Gasteiger partial charge is 0.171 e. The Morgan fingerprint density at radius 3 is 2.58 bits per heavy atom. The van der Waals surface area contributed by atoms with Crippen molar-refractivity contribution in [1.29, 1.82) is 0 Å². The Labute approximate surface area is 153 Å². The summed E-state index contributed by atoms with van der Waals surface area (Å²) in [6.45, 7) is 5.15. The van der Waals surface area contributed by atoms with Crippen LogP contribution in [0.2, 0.25) is 0 Å². The number of hydrogen-bond donors (Lipinski definition) is 0. The van der Waals surface area contributed by atoms with E-state index < -0.39 is 0 Å². The molecule has 3 aromatic rings. The van der Waals surface area contributed by atoms with Gasteiger partial charge in [-0.25, -0.2) is 0 Å². The summed E-state index contributed by atoms with van der Waals surface area (Å²) in [6.07, 6.45) is 2.94. The minimum Gasteiger partial charge on any atom is -0.493 e. The van der Waals surface area contributed by atoms with Gasteiger partial charge in [0.15, 0.2) is 17.8 Å². The van der Waals surface area contributed by atoms with Crippen LogP contribution in [-0.4, -0.2) is 18.0 Å². The Balaban J connectivity index is 2.06. The molecule has 4 heteroatoms. The average Bonchev–Trinajstić information content (AvgIpc) is 3.04. The molecule has 0 bridgehead atoms. The van der Waals surface area contributed by atoms with E-state index in [1.807, 2.05) is 60.0 Å². The molecule has 4 nitrogen and oxygen atoms in total. The van der Waals surface area contributed by atoms with Crippen molar-refractivity contribution >= 4 is 17.2 Å². The summed E-state index contributed by atoms with van der Waals surface area (Å²) in [5, 5.41) is 0.881. The maximum Gasteiger partial charge on any atom is 0.171 e. The second-order valence-electron chi connectivity index (χ2n) is 6.21. The molecule has 2 aromatic carbocycles. The molecule has 134 valence electrons. The van der Waals surface area contributed by atoms with Crippen LogP contribution in [0.25, 0.3) is 10.9 Å². The Kier molecular flexibility index (Phi) is 5.42. The van der Waals surface area contributed by atoms with E-state index in [0.29, 0.717) is 30.3 Å². The summed E-state index contributed by atoms with van der Waals surface area (Å²) < 4.78 is 13.6. The van der Waals surface area contributed by atoms with Crippen LogP contribution in [0.3, 0.4) is 0 Å². The second-order valence-corrected chi connectivity index (χ2v) is 6.21. The highest BCUT2D eigenvalue weighted by molar-refractivity contribution is 5.94. The Morgan fingerprint density at radius 2 is 1.92 bits per heavy atom. The largest absolute Gasteiger partial charge is 0.493 e. The molecule has 26 heavy (non-hydrogen) atoms. The van der Waals surface area contributed by atoms with Crippen molar-refractivity contribution in [1.82, 2.24) is 4.57 Å². The van der Waals surface area contributed by atoms with Gasteiger partial charge in [-0.2, -0.15) is 0 Å². The maximum absolute atomic E-state index is 11.6. The molecule has 0 unspecified atom stereocenters. The van der Waals surface area contributed by atoms with Crippen molar-refractivity contribution in [2.24, 2.45) is 0 Å². The van der Waals surface area contributed by atoms with Gasteiger partial charge in [0, 0.05) is 11.9 Å². The minimum absolute atomic E-state index is 0.436. The monoisotopic (exact) mass is 349 g/mol. The van der Waals surface area contributed by atoms with Crippen LogP contribution < -0.4 is 9.47 Å². The van der Waals surface area contributed by atoms with Gasteiger partial charge in [0.25, 0.3) is 0 Å². The van der Waals surface area contributed by atoms with Gasteiger partial charge in [-0.05, 0) is 37.6 Å². The molecule has 0 saturated heterocycles. The normalized spacial score (nSPS) is 11.6. The average molecular weight is 349 g/mol. The maximum atomic E-state index is 11.6. The lowest BCUT2D eigenvalue weighted by molar-refractivity contribution is 0.111. The molecule has 0 fully saturated rings. The number of methoxy groups -OCH3 is 1. The van der Waals surface area contributed by atoms with Crippen LogP contribution in [0.15, 0.2) is 60.2 Å². The van der Waals surface area contributed by atoms with Crippen molar-refractivity contribution in [3.8, 4) is 11.5 Å². The van der Waals surface area contributed by atoms with E-state index in [9.17, 15) is 4.79 Å². The number of nitrogens with zero attached hydrogens (tertiary/aromatic N) is 1. The first-order valence-electron chi connectivity index (χ1n) is 8.61. The lowest BCUT2D eigenvalue weighted by atomic mass is 10.2. The van der Waals surface area contributed by atoms with Crippen molar-refractivity contribution in [3.63, 3.8) is 0 Å². The van der Waals surface area contributed by atoms with E-state index >= 15 is 0 Å². The van der Waals surface area contributed by atoms with Gasteiger partial charge in [0.1, 0.15) is 6.61 Å². The minimum atomic E-state index is 0.436. The number of rotatable bonds is 7. The van der Waals surface area contributed by atoms with Gasteiger partial charge in [0.05, 0.1) is 18.3 Å². The van der Waals surface area contributed by atoms with Gasteiger partial charge in [0.2, 0.25) is 0 Å². The van der Waals surface area contributed by atoms with Crippen molar-refractivity contribution in [2.75, 3.05) is 7.11 Å². The van der Waals surface area contributed by atoms with Crippen LogP contribution in [0.1, 0.15) is 29.9 Å². The molecule has 0 amide bonds. The van der Waals surface area contributed by atoms with Crippen LogP contribution >= 0.6 is 0 Å². The topological polar surface area (TPSA) is 40.5 Å². The highest BCUT2D eigenvalue weighted by Gasteiger charge is 2.16. The number of hydrogen-bond acceptors (Lipinski definition) is 3. The third-order valence-corrected chi connectivity index (χ3v) is 4.50. The fourth-order valence-electron chi connectivity index (χ4n) is 2.96. The summed E-state index contributed by atoms with van der Waals surface area (Å²) >= 11 is 0. The standard InChI is InChI=1S/C22H23NO3/c1-4-16(2)13-23-18(14-24)12-19-20(23)10-11-21(25-3)22(19)26-15-17-8-6-5-7-9-17/h4-12,14H,13,15H2,1-3H3/b16-4+. The predicted octanol–water partition coefficient (Wildman–Crippen LogP) is 5.01. The molecular weight excluding hydrogens is 326 g/mol. The fraction of sp³-hybridized carbons (Fsp3) is 0.227. The Morgan fingerprint density at radius 1 is 1.15 bits per heavy atom. The van der Waals surface area contributed by atoms with E-state index in [1.165, 1.54) is 5.57 Å². The number of aldehydes is 1. The third-order valence-electron chi connectivity index (χ3n) is 4.50. The fourth-order valence-corrected chi connectivity index (χ4v) is 2.96. The van der Waals surface area contributed by atoms with Crippen molar-refractivity contribution < 1.29 is 14.3 Å². The van der Waals surface area contributed by atoms with E-state index in [4.69, 9.17) is 9.47 Å². The van der Waals surface area contributed by atoms with Gasteiger partial charge < -0.3 is 14.0 Å². The molecular formula is C22H23NO3. The Bertz CT molecular complexity index is 939. The number of aromatic nitrogens is 1. The van der Waals surface area contributed by atoms with Crippen molar-refractivity contribution in [3.05, 3.63) is 71.4 Å². The number of allylic oxidation sites excluding steroid dienone is 2. The highest BCUT2D eigenvalue weighted by Crippen LogP contribution is 2.38. The summed E-state index contributed by atoms with van der Waals surface area (Å²) in [7, 11) is 1.62. The van der Waals surface area contributed by atoms with Crippen molar-refractivity contribution in [2.45, 2.75) is 27.0 Å². The molecule has 0 aliphatic carbocycles. The van der Waals surface area contributed by atoms with E-state index in [1.54, 1.807) is 7.11 Å². The van der Waals surface area contributed by atoms with E-state index in [-0.39, 0.29) is 0 Å². The quantitative estimate of drug-likeness (QED) is 0.445. The van der Waals surface area contributed by atoms with Crippen LogP contribution in [0.5, 0.6) is 11.5 Å². The third kappa shape index (κ3) is 3.49. The first-order chi connectivity index (χ1) is 12.7. The molecule has 0 aliphatic rings. The summed E-state index contributed by atoms with van der Waals surface area (Å²) in [5.41, 5.74) is 3.84. The van der Waals surface area contributed by atoms with Gasteiger partial charge in [-0.1, -0.05) is 42.0 Å². The zero-order valence-corrected chi connectivity index (χ0v) is 15.4. The number of carbonyl (C=O) groups is 1. The zero-order chi connectivity index (χ0) is 18.5. The summed E-state index contributed by atoms with van der Waals surface area (Å²) in [6, 6.07) is 15.7. The first kappa shape index (κ1) is 17.8. The van der Waals surface area contributed by atoms with Crippen LogP contribution in [0, 0.1) is 0 Å². The van der Waals surface area contributed by atoms with Gasteiger partial charge in [-0.15, -0.1) is 0 Å².